The van der Waals surface area contributed by atoms with Gasteiger partial charge in [-0.25, -0.2) is 0 Å². The topological polar surface area (TPSA) is 82.0 Å². The smallest absolute Gasteiger partial charge is 0.305 e. The van der Waals surface area contributed by atoms with Crippen molar-refractivity contribution >= 4 is 69.5 Å². The molecule has 0 fully saturated rings. The molecule has 0 heterocycles. The summed E-state index contributed by atoms with van der Waals surface area (Å²) in [5, 5.41) is 0.328. The first-order chi connectivity index (χ1) is 11.0. The van der Waals surface area contributed by atoms with E-state index in [9.17, 15) is 13.0 Å². The van der Waals surface area contributed by atoms with Gasteiger partial charge in [0.05, 0.1) is 18.1 Å². The average molecular weight is 457 g/mol. The molecule has 0 aliphatic carbocycles. The second-order valence-corrected chi connectivity index (χ2v) is 10.4. The van der Waals surface area contributed by atoms with Crippen molar-refractivity contribution in [2.75, 3.05) is 13.2 Å². The Balaban J connectivity index is 3.52. The van der Waals surface area contributed by atoms with E-state index in [1.54, 1.807) is 0 Å². The molecular formula is C12H14Cl4NO5PS. The molecule has 0 unspecified atom stereocenters. The molecule has 0 bridgehead atoms. The van der Waals surface area contributed by atoms with Gasteiger partial charge in [-0.3, -0.25) is 4.57 Å². The van der Waals surface area contributed by atoms with Crippen LogP contribution in [0.1, 0.15) is 13.8 Å². The summed E-state index contributed by atoms with van der Waals surface area (Å²) in [6.07, 6.45) is 0. The van der Waals surface area contributed by atoms with Gasteiger partial charge >= 0.3 is 7.60 Å². The van der Waals surface area contributed by atoms with Crippen molar-refractivity contribution in [1.82, 2.24) is 0 Å². The third-order valence-corrected chi connectivity index (χ3v) is 7.19. The lowest BCUT2D eigenvalue weighted by Gasteiger charge is -2.22. The van der Waals surface area contributed by atoms with Crippen LogP contribution >= 0.6 is 54.0 Å². The molecule has 0 saturated heterocycles. The Hall–Kier alpha value is 0.150. The van der Waals surface area contributed by atoms with Crippen LogP contribution in [0.3, 0.4) is 0 Å². The third kappa shape index (κ3) is 5.85. The molecular weight excluding hydrogens is 443 g/mol. The van der Waals surface area contributed by atoms with Gasteiger partial charge in [0, 0.05) is 5.02 Å². The van der Waals surface area contributed by atoms with Crippen molar-refractivity contribution in [3.8, 4) is 0 Å². The third-order valence-electron chi connectivity index (χ3n) is 2.43. The highest BCUT2D eigenvalue weighted by Gasteiger charge is 2.46. The maximum absolute atomic E-state index is 12.8. The fraction of sp³-hybridized carbons (Fsp3) is 0.417. The van der Waals surface area contributed by atoms with Gasteiger partial charge in [-0.05, 0) is 38.1 Å². The van der Waals surface area contributed by atoms with E-state index in [1.807, 2.05) is 0 Å². The molecule has 0 aromatic heterocycles. The first-order valence-electron chi connectivity index (χ1n) is 6.53. The van der Waals surface area contributed by atoms with Crippen LogP contribution in [0.2, 0.25) is 5.02 Å². The Morgan fingerprint density at radius 2 is 1.58 bits per heavy atom. The lowest BCUT2D eigenvalue weighted by atomic mass is 10.4. The molecule has 24 heavy (non-hydrogen) atoms. The van der Waals surface area contributed by atoms with Crippen molar-refractivity contribution in [3.63, 3.8) is 0 Å². The van der Waals surface area contributed by atoms with E-state index in [-0.39, 0.29) is 18.1 Å². The van der Waals surface area contributed by atoms with Crippen LogP contribution in [0.4, 0.5) is 0 Å². The maximum Gasteiger partial charge on any atom is 0.380 e. The van der Waals surface area contributed by atoms with E-state index < -0.39 is 26.9 Å². The van der Waals surface area contributed by atoms with Gasteiger partial charge < -0.3 is 9.05 Å². The maximum atomic E-state index is 12.8. The number of alkyl halides is 3. The summed E-state index contributed by atoms with van der Waals surface area (Å²) in [6, 6.07) is 5.13. The highest BCUT2D eigenvalue weighted by Crippen LogP contribution is 2.56. The van der Waals surface area contributed by atoms with Gasteiger partial charge in [-0.15, -0.1) is 0 Å². The molecule has 1 aromatic carbocycles. The number of nitrogens with zero attached hydrogens (tertiary/aromatic N) is 1. The molecule has 6 nitrogen and oxygen atoms in total. The summed E-state index contributed by atoms with van der Waals surface area (Å²) in [7, 11) is -8.56. The van der Waals surface area contributed by atoms with Crippen LogP contribution < -0.4 is 0 Å². The molecule has 136 valence electrons. The molecule has 0 amide bonds. The molecule has 0 N–H and O–H groups in total. The Bertz CT molecular complexity index is 736. The number of sulfonamides is 1. The minimum absolute atomic E-state index is 0.0714. The molecule has 0 aliphatic rings. The van der Waals surface area contributed by atoms with Gasteiger partial charge in [0.1, 0.15) is 0 Å². The van der Waals surface area contributed by atoms with Gasteiger partial charge in [-0.2, -0.15) is 12.8 Å². The van der Waals surface area contributed by atoms with E-state index >= 15 is 0 Å². The molecule has 0 radical (unpaired) electrons. The summed E-state index contributed by atoms with van der Waals surface area (Å²) >= 11 is 23.0. The number of benzene rings is 1. The van der Waals surface area contributed by atoms with Crippen LogP contribution in [0.5, 0.6) is 0 Å². The Morgan fingerprint density at radius 3 is 1.96 bits per heavy atom. The summed E-state index contributed by atoms with van der Waals surface area (Å²) in [5.74, 6) is 0. The monoisotopic (exact) mass is 455 g/mol. The predicted molar refractivity (Wildman–Crippen MR) is 97.2 cm³/mol. The highest BCUT2D eigenvalue weighted by atomic mass is 35.6. The molecule has 0 aliphatic heterocycles. The van der Waals surface area contributed by atoms with Crippen LogP contribution in [-0.4, -0.2) is 30.9 Å². The second kappa shape index (κ2) is 8.69. The fourth-order valence-electron chi connectivity index (χ4n) is 1.53. The molecule has 0 saturated carbocycles. The van der Waals surface area contributed by atoms with Crippen molar-refractivity contribution in [2.45, 2.75) is 22.5 Å². The fourth-order valence-corrected chi connectivity index (χ4v) is 5.85. The van der Waals surface area contributed by atoms with Crippen molar-refractivity contribution in [2.24, 2.45) is 4.40 Å². The number of halogens is 4. The first kappa shape index (κ1) is 22.2. The molecule has 1 aromatic rings. The van der Waals surface area contributed by atoms with E-state index in [0.717, 1.165) is 0 Å². The summed E-state index contributed by atoms with van der Waals surface area (Å²) in [4.78, 5) is -0.224. The predicted octanol–water partition coefficient (Wildman–Crippen LogP) is 5.06. The SMILES string of the molecule is CCOP(=O)(OCC)/C(=N/S(=O)(=O)c1ccc(Cl)cc1)C(Cl)(Cl)Cl. The van der Waals surface area contributed by atoms with Crippen LogP contribution in [0.15, 0.2) is 33.6 Å². The molecule has 0 atom stereocenters. The zero-order valence-electron chi connectivity index (χ0n) is 12.6. The number of hydrogen-bond acceptors (Lipinski definition) is 5. The zero-order chi connectivity index (χ0) is 18.6. The molecule has 0 spiro atoms. The van der Waals surface area contributed by atoms with Crippen LogP contribution in [0, 0.1) is 0 Å². The molecule has 1 rings (SSSR count). The van der Waals surface area contributed by atoms with Crippen LogP contribution in [-0.2, 0) is 23.6 Å². The second-order valence-electron chi connectivity index (χ2n) is 4.17. The quantitative estimate of drug-likeness (QED) is 0.325. The number of rotatable bonds is 7. The van der Waals surface area contributed by atoms with E-state index in [4.69, 9.17) is 55.5 Å². The van der Waals surface area contributed by atoms with Crippen molar-refractivity contribution < 1.29 is 22.0 Å². The van der Waals surface area contributed by atoms with Crippen molar-refractivity contribution in [3.05, 3.63) is 29.3 Å². The van der Waals surface area contributed by atoms with E-state index in [0.29, 0.717) is 5.02 Å². The van der Waals surface area contributed by atoms with E-state index in [1.165, 1.54) is 38.1 Å². The zero-order valence-corrected chi connectivity index (χ0v) is 17.3. The standard InChI is InChI=1S/C12H14Cl4NO5PS/c1-3-21-23(18,22-4-2)11(12(14,15)16)17-24(19,20)10-7-5-9(13)6-8-10/h5-8H,3-4H2,1-2H3/b17-11+. The Kier molecular flexibility index (Phi) is 8.04. The Morgan fingerprint density at radius 1 is 1.12 bits per heavy atom. The number of hydrogen-bond donors (Lipinski definition) is 0. The van der Waals surface area contributed by atoms with E-state index in [2.05, 4.69) is 4.40 Å². The lowest BCUT2D eigenvalue weighted by molar-refractivity contribution is 0.232. The minimum atomic E-state index is -4.34. The molecule has 12 heteroatoms. The van der Waals surface area contributed by atoms with Gasteiger partial charge in [0.15, 0.2) is 5.45 Å². The average Bonchev–Trinajstić information content (AvgIpc) is 2.44. The van der Waals surface area contributed by atoms with Crippen molar-refractivity contribution in [1.29, 1.82) is 0 Å². The summed E-state index contributed by atoms with van der Waals surface area (Å²) < 4.78 is 48.7. The van der Waals surface area contributed by atoms with Gasteiger partial charge in [0.25, 0.3) is 10.0 Å². The lowest BCUT2D eigenvalue weighted by Crippen LogP contribution is -2.23. The summed E-state index contributed by atoms with van der Waals surface area (Å²) in [6.45, 7) is 2.90. The minimum Gasteiger partial charge on any atom is -0.305 e. The van der Waals surface area contributed by atoms with Gasteiger partial charge in [-0.1, -0.05) is 46.4 Å². The first-order valence-corrected chi connectivity index (χ1v) is 11.0. The highest BCUT2D eigenvalue weighted by molar-refractivity contribution is 7.91. The van der Waals surface area contributed by atoms with Gasteiger partial charge in [0.2, 0.25) is 3.79 Å². The largest absolute Gasteiger partial charge is 0.380 e. The Labute approximate surface area is 160 Å². The normalized spacial score (nSPS) is 14.0. The summed E-state index contributed by atoms with van der Waals surface area (Å²) in [5.41, 5.74) is -0.835. The van der Waals surface area contributed by atoms with Crippen LogP contribution in [0.25, 0.3) is 0 Å².